The quantitative estimate of drug-likeness (QED) is 0.849. The molecule has 22 heavy (non-hydrogen) atoms. The zero-order valence-electron chi connectivity index (χ0n) is 13.8. The lowest BCUT2D eigenvalue weighted by atomic mass is 9.84. The van der Waals surface area contributed by atoms with Gasteiger partial charge in [0, 0.05) is 16.5 Å². The second-order valence-corrected chi connectivity index (χ2v) is 7.01. The Hall–Kier alpha value is -1.97. The molecule has 0 fully saturated rings. The summed E-state index contributed by atoms with van der Waals surface area (Å²) in [5, 5.41) is 0.961. The molecule has 0 bridgehead atoms. The zero-order valence-corrected chi connectivity index (χ0v) is 13.8. The molecule has 1 aromatic heterocycles. The second kappa shape index (κ2) is 5.34. The number of fused-ring (bicyclic) bond motifs is 3. The van der Waals surface area contributed by atoms with Crippen LogP contribution in [-0.2, 0) is 0 Å². The molecule has 1 aliphatic rings. The highest BCUT2D eigenvalue weighted by Crippen LogP contribution is 2.39. The summed E-state index contributed by atoms with van der Waals surface area (Å²) < 4.78 is 1.80. The van der Waals surface area contributed by atoms with Crippen LogP contribution in [0.3, 0.4) is 0 Å². The van der Waals surface area contributed by atoms with E-state index >= 15 is 0 Å². The molecule has 0 N–H and O–H groups in total. The van der Waals surface area contributed by atoms with Crippen molar-refractivity contribution in [2.24, 2.45) is 10.4 Å². The summed E-state index contributed by atoms with van der Waals surface area (Å²) >= 11 is 0. The van der Waals surface area contributed by atoms with E-state index in [1.165, 1.54) is 0 Å². The second-order valence-electron chi connectivity index (χ2n) is 7.01. The van der Waals surface area contributed by atoms with Crippen molar-refractivity contribution in [2.45, 2.75) is 53.0 Å². The van der Waals surface area contributed by atoms with Gasteiger partial charge in [-0.15, -0.1) is 0 Å². The molecule has 0 radical (unpaired) electrons. The highest BCUT2D eigenvalue weighted by atomic mass is 16.1. The molecular formula is C18H23N3O. The fourth-order valence-corrected chi connectivity index (χ4v) is 3.17. The van der Waals surface area contributed by atoms with Crippen molar-refractivity contribution in [3.63, 3.8) is 0 Å². The first kappa shape index (κ1) is 14.9. The molecule has 4 heteroatoms. The Bertz CT molecular complexity index is 796. The van der Waals surface area contributed by atoms with Crippen LogP contribution in [0.5, 0.6) is 0 Å². The molecule has 116 valence electrons. The molecule has 2 heterocycles. The Balaban J connectivity index is 2.25. The first-order valence-electron chi connectivity index (χ1n) is 8.04. The molecular weight excluding hydrogens is 274 g/mol. The number of aliphatic imine (C=N–C) groups is 1. The van der Waals surface area contributed by atoms with Gasteiger partial charge in [0.15, 0.2) is 0 Å². The fourth-order valence-electron chi connectivity index (χ4n) is 3.17. The maximum absolute atomic E-state index is 12.5. The lowest BCUT2D eigenvalue weighted by Gasteiger charge is -2.25. The Labute approximate surface area is 130 Å². The zero-order chi connectivity index (χ0) is 15.9. The first-order valence-corrected chi connectivity index (χ1v) is 8.04. The average Bonchev–Trinajstić information content (AvgIpc) is 2.85. The summed E-state index contributed by atoms with van der Waals surface area (Å²) in [6, 6.07) is 7.80. The van der Waals surface area contributed by atoms with Crippen LogP contribution in [0.1, 0.15) is 53.0 Å². The lowest BCUT2D eigenvalue weighted by Crippen LogP contribution is -2.33. The van der Waals surface area contributed by atoms with Gasteiger partial charge in [-0.05, 0) is 18.6 Å². The van der Waals surface area contributed by atoms with Gasteiger partial charge in [-0.2, -0.15) is 4.98 Å². The van der Waals surface area contributed by atoms with Crippen molar-refractivity contribution in [3.05, 3.63) is 34.7 Å². The van der Waals surface area contributed by atoms with Gasteiger partial charge < -0.3 is 0 Å². The van der Waals surface area contributed by atoms with Crippen LogP contribution in [0.4, 0.5) is 5.82 Å². The van der Waals surface area contributed by atoms with E-state index in [2.05, 4.69) is 32.7 Å². The van der Waals surface area contributed by atoms with Crippen molar-refractivity contribution in [1.29, 1.82) is 0 Å². The first-order chi connectivity index (χ1) is 10.4. The van der Waals surface area contributed by atoms with Crippen molar-refractivity contribution in [2.75, 3.05) is 0 Å². The van der Waals surface area contributed by atoms with Crippen molar-refractivity contribution < 1.29 is 0 Å². The Morgan fingerprint density at radius 3 is 2.64 bits per heavy atom. The highest BCUT2D eigenvalue weighted by molar-refractivity contribution is 6.01. The third kappa shape index (κ3) is 2.36. The minimum atomic E-state index is -0.183. The predicted octanol–water partition coefficient (Wildman–Crippen LogP) is 4.26. The number of para-hydroxylation sites is 1. The van der Waals surface area contributed by atoms with Gasteiger partial charge in [0.05, 0.1) is 11.6 Å². The van der Waals surface area contributed by atoms with Crippen LogP contribution in [0.25, 0.3) is 10.9 Å². The molecule has 1 aromatic carbocycles. The van der Waals surface area contributed by atoms with Crippen LogP contribution in [0, 0.1) is 5.41 Å². The lowest BCUT2D eigenvalue weighted by molar-refractivity contribution is 0.495. The molecule has 0 saturated heterocycles. The molecule has 0 spiro atoms. The summed E-state index contributed by atoms with van der Waals surface area (Å²) in [5.74, 6) is 0.779. The summed E-state index contributed by atoms with van der Waals surface area (Å²) in [7, 11) is 0. The van der Waals surface area contributed by atoms with E-state index in [4.69, 9.17) is 4.99 Å². The molecule has 0 saturated carbocycles. The SMILES string of the molecule is CCCCC1C(C(C)(C)C)=Nc2c3ccccc3nc(=O)n21. The molecule has 1 aliphatic heterocycles. The van der Waals surface area contributed by atoms with Crippen LogP contribution < -0.4 is 5.69 Å². The molecule has 0 amide bonds. The minimum Gasteiger partial charge on any atom is -0.267 e. The van der Waals surface area contributed by atoms with E-state index < -0.39 is 0 Å². The molecule has 1 atom stereocenters. The fraction of sp³-hybridized carbons (Fsp3) is 0.500. The normalized spacial score (nSPS) is 17.6. The van der Waals surface area contributed by atoms with E-state index in [0.717, 1.165) is 41.7 Å². The number of rotatable bonds is 3. The van der Waals surface area contributed by atoms with Gasteiger partial charge in [-0.3, -0.25) is 4.57 Å². The maximum Gasteiger partial charge on any atom is 0.350 e. The van der Waals surface area contributed by atoms with Gasteiger partial charge >= 0.3 is 5.69 Å². The number of hydrogen-bond acceptors (Lipinski definition) is 3. The highest BCUT2D eigenvalue weighted by Gasteiger charge is 2.35. The average molecular weight is 297 g/mol. The number of aromatic nitrogens is 2. The summed E-state index contributed by atoms with van der Waals surface area (Å²) in [6.07, 6.45) is 3.14. The third-order valence-electron chi connectivity index (χ3n) is 4.25. The number of unbranched alkanes of at least 4 members (excludes halogenated alkanes) is 1. The van der Waals surface area contributed by atoms with Gasteiger partial charge in [-0.1, -0.05) is 52.7 Å². The van der Waals surface area contributed by atoms with E-state index in [1.807, 2.05) is 24.3 Å². The van der Waals surface area contributed by atoms with Crippen LogP contribution in [-0.4, -0.2) is 15.3 Å². The van der Waals surface area contributed by atoms with Crippen LogP contribution in [0.15, 0.2) is 34.1 Å². The summed E-state index contributed by atoms with van der Waals surface area (Å²) in [6.45, 7) is 8.66. The van der Waals surface area contributed by atoms with Crippen LogP contribution in [0.2, 0.25) is 0 Å². The molecule has 3 rings (SSSR count). The smallest absolute Gasteiger partial charge is 0.267 e. The van der Waals surface area contributed by atoms with Crippen molar-refractivity contribution in [3.8, 4) is 0 Å². The molecule has 2 aromatic rings. The van der Waals surface area contributed by atoms with E-state index in [1.54, 1.807) is 4.57 Å². The molecule has 1 unspecified atom stereocenters. The number of nitrogens with zero attached hydrogens (tertiary/aromatic N) is 3. The molecule has 0 aliphatic carbocycles. The van der Waals surface area contributed by atoms with Gasteiger partial charge in [0.1, 0.15) is 5.82 Å². The maximum atomic E-state index is 12.5. The van der Waals surface area contributed by atoms with Crippen molar-refractivity contribution in [1.82, 2.24) is 9.55 Å². The Kier molecular flexibility index (Phi) is 3.63. The standard InChI is InChI=1S/C18H23N3O/c1-5-6-11-14-15(18(2,3)4)20-16-12-9-7-8-10-13(12)19-17(22)21(14)16/h7-10,14H,5-6,11H2,1-4H3. The Morgan fingerprint density at radius 2 is 1.95 bits per heavy atom. The van der Waals surface area contributed by atoms with E-state index in [-0.39, 0.29) is 17.1 Å². The summed E-state index contributed by atoms with van der Waals surface area (Å²) in [4.78, 5) is 21.7. The third-order valence-corrected chi connectivity index (χ3v) is 4.25. The largest absolute Gasteiger partial charge is 0.350 e. The molecule has 4 nitrogen and oxygen atoms in total. The van der Waals surface area contributed by atoms with Gasteiger partial charge in [-0.25, -0.2) is 9.79 Å². The van der Waals surface area contributed by atoms with Crippen LogP contribution >= 0.6 is 0 Å². The number of benzene rings is 1. The Morgan fingerprint density at radius 1 is 1.23 bits per heavy atom. The van der Waals surface area contributed by atoms with Gasteiger partial charge in [0.25, 0.3) is 0 Å². The van der Waals surface area contributed by atoms with E-state index in [9.17, 15) is 4.79 Å². The van der Waals surface area contributed by atoms with E-state index in [0.29, 0.717) is 0 Å². The number of hydrogen-bond donors (Lipinski definition) is 0. The topological polar surface area (TPSA) is 47.2 Å². The van der Waals surface area contributed by atoms with Crippen molar-refractivity contribution >= 4 is 22.4 Å². The predicted molar refractivity (Wildman–Crippen MR) is 91.1 cm³/mol. The monoisotopic (exact) mass is 297 g/mol. The van der Waals surface area contributed by atoms with Gasteiger partial charge in [0.2, 0.25) is 0 Å². The minimum absolute atomic E-state index is 0.0413. The summed E-state index contributed by atoms with van der Waals surface area (Å²) in [5.41, 5.74) is 1.58.